The summed E-state index contributed by atoms with van der Waals surface area (Å²) in [6.45, 7) is 2.24. The van der Waals surface area contributed by atoms with Gasteiger partial charge in [0.25, 0.3) is 0 Å². The van der Waals surface area contributed by atoms with Gasteiger partial charge in [-0.3, -0.25) is 5.10 Å². The van der Waals surface area contributed by atoms with Crippen molar-refractivity contribution in [2.75, 3.05) is 0 Å². The van der Waals surface area contributed by atoms with E-state index in [2.05, 4.69) is 65.7 Å². The van der Waals surface area contributed by atoms with E-state index < -0.39 is 0 Å². The Morgan fingerprint density at radius 1 is 1.05 bits per heavy atom. The van der Waals surface area contributed by atoms with Crippen LogP contribution in [0.5, 0.6) is 0 Å². The predicted molar refractivity (Wildman–Crippen MR) is 79.3 cm³/mol. The zero-order chi connectivity index (χ0) is 13.1. The lowest BCUT2D eigenvalue weighted by Gasteiger charge is -2.18. The summed E-state index contributed by atoms with van der Waals surface area (Å²) < 4.78 is 0. The molecule has 0 aliphatic heterocycles. The highest BCUT2D eigenvalue weighted by Gasteiger charge is 2.16. The molecule has 2 heteroatoms. The molecule has 1 N–H and O–H groups in total. The molecule has 2 aromatic carbocycles. The van der Waals surface area contributed by atoms with Gasteiger partial charge in [-0.05, 0) is 17.5 Å². The first-order valence-corrected chi connectivity index (χ1v) is 6.87. The van der Waals surface area contributed by atoms with Gasteiger partial charge in [-0.15, -0.1) is 0 Å². The molecule has 0 radical (unpaired) electrons. The lowest BCUT2D eigenvalue weighted by molar-refractivity contribution is 0.701. The first-order valence-electron chi connectivity index (χ1n) is 6.87. The summed E-state index contributed by atoms with van der Waals surface area (Å²) in [4.78, 5) is 0. The van der Waals surface area contributed by atoms with Gasteiger partial charge in [0.2, 0.25) is 0 Å². The Labute approximate surface area is 113 Å². The largest absolute Gasteiger partial charge is 0.278 e. The van der Waals surface area contributed by atoms with Gasteiger partial charge in [-0.2, -0.15) is 5.10 Å². The highest BCUT2D eigenvalue weighted by molar-refractivity contribution is 5.82. The van der Waals surface area contributed by atoms with Crippen molar-refractivity contribution in [1.82, 2.24) is 10.2 Å². The molecule has 0 bridgehead atoms. The third-order valence-corrected chi connectivity index (χ3v) is 3.66. The van der Waals surface area contributed by atoms with Gasteiger partial charge in [0.1, 0.15) is 0 Å². The molecule has 0 fully saturated rings. The standard InChI is InChI=1S/C17H18N2/c1-2-7-15(13-8-4-3-5-9-13)16-11-6-10-14-12-18-19-17(14)16/h3-6,8-12,15H,2,7H2,1H3,(H,18,19). The summed E-state index contributed by atoms with van der Waals surface area (Å²) in [5.41, 5.74) is 3.90. The molecule has 3 rings (SSSR count). The summed E-state index contributed by atoms with van der Waals surface area (Å²) in [7, 11) is 0. The quantitative estimate of drug-likeness (QED) is 0.726. The number of aromatic nitrogens is 2. The van der Waals surface area contributed by atoms with Crippen molar-refractivity contribution in [3.63, 3.8) is 0 Å². The molecule has 19 heavy (non-hydrogen) atoms. The number of hydrogen-bond acceptors (Lipinski definition) is 1. The summed E-state index contributed by atoms with van der Waals surface area (Å²) in [5.74, 6) is 0.440. The molecule has 0 amide bonds. The van der Waals surface area contributed by atoms with Gasteiger partial charge < -0.3 is 0 Å². The minimum Gasteiger partial charge on any atom is -0.278 e. The van der Waals surface area contributed by atoms with Crippen molar-refractivity contribution in [2.45, 2.75) is 25.7 Å². The molecule has 0 aliphatic rings. The van der Waals surface area contributed by atoms with Crippen LogP contribution in [-0.4, -0.2) is 10.2 Å². The Morgan fingerprint density at radius 3 is 2.68 bits per heavy atom. The van der Waals surface area contributed by atoms with Crippen molar-refractivity contribution in [3.05, 3.63) is 65.9 Å². The molecule has 1 unspecified atom stereocenters. The summed E-state index contributed by atoms with van der Waals surface area (Å²) in [6, 6.07) is 17.2. The monoisotopic (exact) mass is 250 g/mol. The first kappa shape index (κ1) is 12.0. The van der Waals surface area contributed by atoms with Crippen LogP contribution >= 0.6 is 0 Å². The van der Waals surface area contributed by atoms with Crippen molar-refractivity contribution >= 4 is 10.9 Å². The van der Waals surface area contributed by atoms with Crippen molar-refractivity contribution in [1.29, 1.82) is 0 Å². The van der Waals surface area contributed by atoms with Crippen molar-refractivity contribution in [3.8, 4) is 0 Å². The Kier molecular flexibility index (Phi) is 3.32. The molecule has 0 saturated heterocycles. The SMILES string of the molecule is CCCC(c1ccccc1)c1cccc2cn[nH]c12. The van der Waals surface area contributed by atoms with Gasteiger partial charge >= 0.3 is 0 Å². The van der Waals surface area contributed by atoms with E-state index in [0.29, 0.717) is 5.92 Å². The minimum atomic E-state index is 0.440. The maximum Gasteiger partial charge on any atom is 0.0688 e. The van der Waals surface area contributed by atoms with E-state index in [0.717, 1.165) is 6.42 Å². The van der Waals surface area contributed by atoms with Gasteiger partial charge in [-0.1, -0.05) is 61.9 Å². The maximum absolute atomic E-state index is 4.17. The average Bonchev–Trinajstić information content (AvgIpc) is 2.94. The summed E-state index contributed by atoms with van der Waals surface area (Å²) >= 11 is 0. The molecule has 96 valence electrons. The fourth-order valence-electron chi connectivity index (χ4n) is 2.76. The van der Waals surface area contributed by atoms with Crippen LogP contribution in [0.2, 0.25) is 0 Å². The second kappa shape index (κ2) is 5.27. The Morgan fingerprint density at radius 2 is 1.89 bits per heavy atom. The van der Waals surface area contributed by atoms with Crippen LogP contribution in [0.15, 0.2) is 54.7 Å². The third kappa shape index (κ3) is 2.26. The molecule has 0 saturated carbocycles. The molecule has 0 spiro atoms. The summed E-state index contributed by atoms with van der Waals surface area (Å²) in [6.07, 6.45) is 4.22. The number of nitrogens with one attached hydrogen (secondary N) is 1. The normalized spacial score (nSPS) is 12.7. The molecule has 1 atom stereocenters. The number of fused-ring (bicyclic) bond motifs is 1. The zero-order valence-electron chi connectivity index (χ0n) is 11.1. The molecule has 1 heterocycles. The fraction of sp³-hybridized carbons (Fsp3) is 0.235. The number of nitrogens with zero attached hydrogens (tertiary/aromatic N) is 1. The van der Waals surface area contributed by atoms with E-state index in [1.54, 1.807) is 0 Å². The molecule has 0 aliphatic carbocycles. The van der Waals surface area contributed by atoms with E-state index in [9.17, 15) is 0 Å². The molecule has 2 nitrogen and oxygen atoms in total. The van der Waals surface area contributed by atoms with Crippen LogP contribution in [0, 0.1) is 0 Å². The number of benzene rings is 2. The smallest absolute Gasteiger partial charge is 0.0688 e. The second-order valence-corrected chi connectivity index (χ2v) is 4.93. The van der Waals surface area contributed by atoms with Crippen molar-refractivity contribution < 1.29 is 0 Å². The van der Waals surface area contributed by atoms with E-state index >= 15 is 0 Å². The average molecular weight is 250 g/mol. The minimum absolute atomic E-state index is 0.440. The lowest BCUT2D eigenvalue weighted by atomic mass is 9.87. The third-order valence-electron chi connectivity index (χ3n) is 3.66. The Balaban J connectivity index is 2.12. The zero-order valence-corrected chi connectivity index (χ0v) is 11.1. The maximum atomic E-state index is 4.17. The van der Waals surface area contributed by atoms with E-state index in [4.69, 9.17) is 0 Å². The van der Waals surface area contributed by atoms with E-state index in [1.165, 1.54) is 28.5 Å². The lowest BCUT2D eigenvalue weighted by Crippen LogP contribution is -2.01. The van der Waals surface area contributed by atoms with Gasteiger partial charge in [0.15, 0.2) is 0 Å². The first-order chi connectivity index (χ1) is 9.40. The van der Waals surface area contributed by atoms with Crippen LogP contribution in [0.3, 0.4) is 0 Å². The van der Waals surface area contributed by atoms with Crippen LogP contribution in [0.25, 0.3) is 10.9 Å². The van der Waals surface area contributed by atoms with E-state index in [-0.39, 0.29) is 0 Å². The predicted octanol–water partition coefficient (Wildman–Crippen LogP) is 4.49. The number of hydrogen-bond donors (Lipinski definition) is 1. The van der Waals surface area contributed by atoms with Crippen molar-refractivity contribution in [2.24, 2.45) is 0 Å². The van der Waals surface area contributed by atoms with Gasteiger partial charge in [0.05, 0.1) is 11.7 Å². The Bertz CT molecular complexity index is 655. The fourth-order valence-corrected chi connectivity index (χ4v) is 2.76. The highest BCUT2D eigenvalue weighted by atomic mass is 15.1. The number of aromatic amines is 1. The van der Waals surface area contributed by atoms with Gasteiger partial charge in [-0.25, -0.2) is 0 Å². The topological polar surface area (TPSA) is 28.7 Å². The highest BCUT2D eigenvalue weighted by Crippen LogP contribution is 2.32. The van der Waals surface area contributed by atoms with Crippen LogP contribution in [0.4, 0.5) is 0 Å². The Hall–Kier alpha value is -2.09. The van der Waals surface area contributed by atoms with Crippen LogP contribution in [-0.2, 0) is 0 Å². The number of rotatable bonds is 4. The number of para-hydroxylation sites is 1. The number of H-pyrrole nitrogens is 1. The molecular weight excluding hydrogens is 232 g/mol. The molecular formula is C17H18N2. The van der Waals surface area contributed by atoms with Crippen LogP contribution in [0.1, 0.15) is 36.8 Å². The summed E-state index contributed by atoms with van der Waals surface area (Å²) in [5, 5.41) is 8.51. The van der Waals surface area contributed by atoms with Gasteiger partial charge in [0, 0.05) is 11.3 Å². The van der Waals surface area contributed by atoms with E-state index in [1.807, 2.05) is 6.20 Å². The second-order valence-electron chi connectivity index (χ2n) is 4.93. The molecule has 1 aromatic heterocycles. The molecule has 3 aromatic rings. The van der Waals surface area contributed by atoms with Crippen LogP contribution < -0.4 is 0 Å².